The molecule has 1 aromatic carbocycles. The van der Waals surface area contributed by atoms with Crippen molar-refractivity contribution in [2.75, 3.05) is 0 Å². The first-order valence-corrected chi connectivity index (χ1v) is 6.03. The van der Waals surface area contributed by atoms with Gasteiger partial charge in [-0.15, -0.1) is 0 Å². The summed E-state index contributed by atoms with van der Waals surface area (Å²) in [7, 11) is 0. The maximum atomic E-state index is 11.8. The molecule has 17 heavy (non-hydrogen) atoms. The second-order valence-electron chi connectivity index (χ2n) is 4.63. The van der Waals surface area contributed by atoms with Gasteiger partial charge in [-0.1, -0.05) is 28.1 Å². The van der Waals surface area contributed by atoms with Gasteiger partial charge in [0.25, 0.3) is 0 Å². The van der Waals surface area contributed by atoms with Crippen LogP contribution in [0.3, 0.4) is 0 Å². The summed E-state index contributed by atoms with van der Waals surface area (Å²) in [5, 5.41) is 2.41. The highest BCUT2D eigenvalue weighted by Gasteiger charge is 2.18. The van der Waals surface area contributed by atoms with Gasteiger partial charge in [0.1, 0.15) is 5.60 Å². The third-order valence-electron chi connectivity index (χ3n) is 1.86. The summed E-state index contributed by atoms with van der Waals surface area (Å²) in [6.45, 7) is 2.80. The van der Waals surface area contributed by atoms with Gasteiger partial charge >= 0.3 is 6.09 Å². The molecule has 94 valence electrons. The van der Waals surface area contributed by atoms with Gasteiger partial charge in [0.2, 0.25) is 0 Å². The lowest BCUT2D eigenvalue weighted by Crippen LogP contribution is -2.34. The molecule has 4 heteroatoms. The van der Waals surface area contributed by atoms with Gasteiger partial charge in [-0.05, 0) is 45.3 Å². The predicted molar refractivity (Wildman–Crippen MR) is 71.9 cm³/mol. The van der Waals surface area contributed by atoms with Crippen molar-refractivity contribution < 1.29 is 13.6 Å². The molecule has 0 aliphatic heterocycles. The van der Waals surface area contributed by atoms with Crippen molar-refractivity contribution in [2.45, 2.75) is 39.3 Å². The molecule has 0 aliphatic rings. The Morgan fingerprint density at radius 2 is 2.00 bits per heavy atom. The van der Waals surface area contributed by atoms with Crippen molar-refractivity contribution in [2.24, 2.45) is 0 Å². The van der Waals surface area contributed by atoms with Crippen LogP contribution in [-0.2, 0) is 4.74 Å². The summed E-state index contributed by atoms with van der Waals surface area (Å²) in [6.07, 6.45) is -0.749. The monoisotopic (exact) mass is 302 g/mol. The average molecular weight is 303 g/mol. The Morgan fingerprint density at radius 1 is 1.41 bits per heavy atom. The number of ether oxygens (including phenoxy) is 1. The van der Waals surface area contributed by atoms with E-state index in [1.165, 1.54) is 0 Å². The summed E-state index contributed by atoms with van der Waals surface area (Å²) in [5.41, 5.74) is -0.178. The van der Waals surface area contributed by atoms with E-state index < -0.39 is 24.6 Å². The Bertz CT molecular complexity index is 466. The highest BCUT2D eigenvalue weighted by atomic mass is 79.9. The maximum absolute atomic E-state index is 11.8. The quantitative estimate of drug-likeness (QED) is 0.895. The van der Waals surface area contributed by atoms with Gasteiger partial charge in [0.15, 0.2) is 0 Å². The van der Waals surface area contributed by atoms with Crippen LogP contribution in [0.25, 0.3) is 0 Å². The van der Waals surface area contributed by atoms with Crippen LogP contribution in [0.1, 0.15) is 43.3 Å². The lowest BCUT2D eigenvalue weighted by atomic mass is 10.1. The number of alkyl carbamates (subject to hydrolysis) is 1. The molecule has 0 aromatic heterocycles. The fourth-order valence-corrected chi connectivity index (χ4v) is 1.43. The summed E-state index contributed by atoms with van der Waals surface area (Å²) in [6, 6.07) is 5.65. The first-order valence-electron chi connectivity index (χ1n) is 6.74. The van der Waals surface area contributed by atoms with E-state index in [0.29, 0.717) is 5.56 Å². The lowest BCUT2D eigenvalue weighted by molar-refractivity contribution is 0.0508. The van der Waals surface area contributed by atoms with Crippen LogP contribution in [0, 0.1) is 0 Å². The Kier molecular flexibility index (Phi) is 3.24. The number of amides is 1. The Labute approximate surface area is 115 Å². The first kappa shape index (κ1) is 9.95. The van der Waals surface area contributed by atoms with Crippen molar-refractivity contribution in [3.05, 3.63) is 34.3 Å². The van der Waals surface area contributed by atoms with E-state index in [4.69, 9.17) is 8.85 Å². The molecule has 0 heterocycles. The van der Waals surface area contributed by atoms with Crippen LogP contribution in [-0.4, -0.2) is 11.7 Å². The second-order valence-corrected chi connectivity index (χ2v) is 5.55. The average Bonchev–Trinajstić information content (AvgIpc) is 2.23. The van der Waals surface area contributed by atoms with Gasteiger partial charge in [-0.2, -0.15) is 0 Å². The number of rotatable bonds is 2. The maximum Gasteiger partial charge on any atom is 0.408 e. The largest absolute Gasteiger partial charge is 0.444 e. The van der Waals surface area contributed by atoms with Gasteiger partial charge < -0.3 is 10.1 Å². The van der Waals surface area contributed by atoms with Gasteiger partial charge in [0.05, 0.1) is 6.04 Å². The Balaban J connectivity index is 2.92. The second kappa shape index (κ2) is 5.54. The number of carbonyl (C=O) groups is 1. The van der Waals surface area contributed by atoms with Crippen LogP contribution >= 0.6 is 15.9 Å². The molecule has 0 unspecified atom stereocenters. The first-order chi connectivity index (χ1) is 8.99. The molecule has 0 saturated heterocycles. The van der Waals surface area contributed by atoms with Crippen molar-refractivity contribution in [1.29, 1.82) is 0 Å². The smallest absolute Gasteiger partial charge is 0.408 e. The number of benzene rings is 1. The van der Waals surface area contributed by atoms with E-state index in [1.54, 1.807) is 45.0 Å². The third kappa shape index (κ3) is 5.22. The van der Waals surface area contributed by atoms with Crippen LogP contribution in [0.4, 0.5) is 4.79 Å². The highest BCUT2D eigenvalue weighted by Crippen LogP contribution is 2.17. The van der Waals surface area contributed by atoms with Crippen molar-refractivity contribution in [1.82, 2.24) is 5.32 Å². The van der Waals surface area contributed by atoms with E-state index in [9.17, 15) is 4.79 Å². The molecular formula is C13H18BrNO2. The normalized spacial score (nSPS) is 16.4. The minimum Gasteiger partial charge on any atom is -0.444 e. The number of hydrogen-bond acceptors (Lipinski definition) is 2. The summed E-state index contributed by atoms with van der Waals surface area (Å²) < 4.78 is 28.6. The van der Waals surface area contributed by atoms with Gasteiger partial charge in [-0.3, -0.25) is 0 Å². The molecule has 1 atom stereocenters. The fraction of sp³-hybridized carbons (Fsp3) is 0.462. The van der Waals surface area contributed by atoms with E-state index >= 15 is 0 Å². The van der Waals surface area contributed by atoms with Crippen molar-refractivity contribution in [3.8, 4) is 0 Å². The van der Waals surface area contributed by atoms with E-state index in [2.05, 4.69) is 21.2 Å². The molecular weight excluding hydrogens is 282 g/mol. The minimum atomic E-state index is -2.36. The number of nitrogens with one attached hydrogen (secondary N) is 1. The topological polar surface area (TPSA) is 38.3 Å². The fourth-order valence-electron chi connectivity index (χ4n) is 1.16. The van der Waals surface area contributed by atoms with Crippen LogP contribution in [0.5, 0.6) is 0 Å². The molecule has 1 aromatic rings. The molecule has 0 saturated carbocycles. The standard InChI is InChI=1S/C13H18BrNO2/c1-9(10-5-7-11(14)8-6-10)15-12(16)17-13(2,3)4/h5-9H,1-4H3,(H,15,16)/t9-/m0/s1/i1D3. The number of hydrogen-bond donors (Lipinski definition) is 1. The molecule has 0 fully saturated rings. The van der Waals surface area contributed by atoms with E-state index in [1.807, 2.05) is 0 Å². The SMILES string of the molecule is [2H]C([2H])([2H])[C@H](NC(=O)OC(C)(C)C)c1ccc(Br)cc1. The molecule has 1 N–H and O–H groups in total. The predicted octanol–water partition coefficient (Wildman–Crippen LogP) is 4.03. The lowest BCUT2D eigenvalue weighted by Gasteiger charge is -2.22. The zero-order valence-electron chi connectivity index (χ0n) is 13.1. The third-order valence-corrected chi connectivity index (χ3v) is 2.39. The van der Waals surface area contributed by atoms with Gasteiger partial charge in [0, 0.05) is 8.58 Å². The molecule has 1 amide bonds. The molecule has 0 aliphatic carbocycles. The molecule has 3 nitrogen and oxygen atoms in total. The Hall–Kier alpha value is -1.03. The molecule has 0 spiro atoms. The number of halogens is 1. The number of carbonyl (C=O) groups excluding carboxylic acids is 1. The summed E-state index contributed by atoms with van der Waals surface area (Å²) >= 11 is 3.28. The summed E-state index contributed by atoms with van der Waals surface area (Å²) in [4.78, 5) is 11.8. The van der Waals surface area contributed by atoms with Gasteiger partial charge in [-0.25, -0.2) is 4.79 Å². The van der Waals surface area contributed by atoms with Crippen LogP contribution in [0.2, 0.25) is 0 Å². The van der Waals surface area contributed by atoms with E-state index in [0.717, 1.165) is 4.47 Å². The van der Waals surface area contributed by atoms with E-state index in [-0.39, 0.29) is 0 Å². The van der Waals surface area contributed by atoms with Crippen molar-refractivity contribution >= 4 is 22.0 Å². The van der Waals surface area contributed by atoms with Crippen LogP contribution in [0.15, 0.2) is 28.7 Å². The van der Waals surface area contributed by atoms with Crippen LogP contribution < -0.4 is 5.32 Å². The minimum absolute atomic E-state index is 0.499. The molecule has 1 rings (SSSR count). The summed E-state index contributed by atoms with van der Waals surface area (Å²) in [5.74, 6) is 0. The zero-order chi connectivity index (χ0) is 15.6. The van der Waals surface area contributed by atoms with Crippen molar-refractivity contribution in [3.63, 3.8) is 0 Å². The highest BCUT2D eigenvalue weighted by molar-refractivity contribution is 9.10. The molecule has 0 radical (unpaired) electrons. The molecule has 0 bridgehead atoms. The Morgan fingerprint density at radius 3 is 2.47 bits per heavy atom. The zero-order valence-corrected chi connectivity index (χ0v) is 11.7.